The molecule has 0 saturated carbocycles. The molecule has 0 aliphatic heterocycles. The zero-order valence-electron chi connectivity index (χ0n) is 11.4. The molecule has 1 heterocycles. The summed E-state index contributed by atoms with van der Waals surface area (Å²) in [5, 5.41) is 2.62. The van der Waals surface area contributed by atoms with Gasteiger partial charge in [-0.2, -0.15) is 0 Å². The molecule has 0 unspecified atom stereocenters. The van der Waals surface area contributed by atoms with E-state index in [-0.39, 0.29) is 5.91 Å². The van der Waals surface area contributed by atoms with Gasteiger partial charge in [-0.05, 0) is 0 Å². The number of hydrogen-bond donors (Lipinski definition) is 2. The van der Waals surface area contributed by atoms with E-state index in [2.05, 4.69) is 15.3 Å². The van der Waals surface area contributed by atoms with Gasteiger partial charge in [-0.1, -0.05) is 0 Å². The van der Waals surface area contributed by atoms with Crippen molar-refractivity contribution < 1.29 is 19.0 Å². The highest BCUT2D eigenvalue weighted by Crippen LogP contribution is 2.34. The van der Waals surface area contributed by atoms with Crippen LogP contribution in [0.1, 0.15) is 10.4 Å². The summed E-state index contributed by atoms with van der Waals surface area (Å²) < 4.78 is 15.5. The molecule has 0 atom stereocenters. The number of benzene rings is 1. The lowest BCUT2D eigenvalue weighted by molar-refractivity contribution is 0.102. The van der Waals surface area contributed by atoms with E-state index in [1.165, 1.54) is 21.3 Å². The van der Waals surface area contributed by atoms with Gasteiger partial charge in [0, 0.05) is 24.5 Å². The third-order valence-electron chi connectivity index (χ3n) is 2.68. The molecule has 1 amide bonds. The number of carbonyl (C=O) groups excluding carboxylic acids is 1. The molecule has 20 heavy (non-hydrogen) atoms. The Kier molecular flexibility index (Phi) is 4.09. The van der Waals surface area contributed by atoms with Crippen LogP contribution in [0, 0.1) is 0 Å². The molecular weight excluding hydrogens is 262 g/mol. The van der Waals surface area contributed by atoms with Gasteiger partial charge in [0.25, 0.3) is 5.91 Å². The third kappa shape index (κ3) is 2.66. The van der Waals surface area contributed by atoms with Gasteiger partial charge in [0.15, 0.2) is 11.5 Å². The summed E-state index contributed by atoms with van der Waals surface area (Å²) in [5.74, 6) is 1.30. The number of nitrogens with zero attached hydrogens (tertiary/aromatic N) is 1. The molecule has 2 N–H and O–H groups in total. The first kappa shape index (κ1) is 13.7. The molecule has 0 aliphatic rings. The molecule has 106 valence electrons. The summed E-state index contributed by atoms with van der Waals surface area (Å²) in [7, 11) is 4.49. The summed E-state index contributed by atoms with van der Waals surface area (Å²) in [6.07, 6.45) is 3.16. The Labute approximate surface area is 115 Å². The molecule has 0 aliphatic carbocycles. The Morgan fingerprint density at radius 3 is 2.30 bits per heavy atom. The highest BCUT2D eigenvalue weighted by atomic mass is 16.5. The van der Waals surface area contributed by atoms with Gasteiger partial charge >= 0.3 is 0 Å². The van der Waals surface area contributed by atoms with E-state index in [0.29, 0.717) is 28.8 Å². The number of nitrogens with one attached hydrogen (secondary N) is 2. The molecule has 0 saturated heterocycles. The summed E-state index contributed by atoms with van der Waals surface area (Å²) in [6, 6.07) is 3.14. The van der Waals surface area contributed by atoms with Crippen molar-refractivity contribution >= 4 is 11.9 Å². The van der Waals surface area contributed by atoms with Crippen LogP contribution in [-0.4, -0.2) is 37.2 Å². The average molecular weight is 277 g/mol. The van der Waals surface area contributed by atoms with Crippen molar-refractivity contribution in [3.63, 3.8) is 0 Å². The fraction of sp³-hybridized carbons (Fsp3) is 0.231. The lowest BCUT2D eigenvalue weighted by atomic mass is 10.1. The lowest BCUT2D eigenvalue weighted by Crippen LogP contribution is -2.14. The number of ether oxygens (including phenoxy) is 3. The van der Waals surface area contributed by atoms with Crippen LogP contribution in [0.4, 0.5) is 5.95 Å². The van der Waals surface area contributed by atoms with Gasteiger partial charge in [0.05, 0.1) is 26.9 Å². The lowest BCUT2D eigenvalue weighted by Gasteiger charge is -2.13. The minimum atomic E-state index is -0.363. The Morgan fingerprint density at radius 1 is 1.10 bits per heavy atom. The fourth-order valence-corrected chi connectivity index (χ4v) is 1.72. The van der Waals surface area contributed by atoms with Gasteiger partial charge in [0.2, 0.25) is 5.95 Å². The van der Waals surface area contributed by atoms with Crippen molar-refractivity contribution in [3.05, 3.63) is 30.1 Å². The number of methoxy groups -OCH3 is 3. The van der Waals surface area contributed by atoms with Gasteiger partial charge in [-0.15, -0.1) is 0 Å². The van der Waals surface area contributed by atoms with E-state index >= 15 is 0 Å². The number of rotatable bonds is 5. The van der Waals surface area contributed by atoms with Gasteiger partial charge in [0.1, 0.15) is 5.75 Å². The van der Waals surface area contributed by atoms with E-state index in [0.717, 1.165) is 0 Å². The normalized spacial score (nSPS) is 9.95. The molecule has 2 aromatic rings. The molecule has 2 rings (SSSR count). The molecule has 1 aromatic heterocycles. The fourth-order valence-electron chi connectivity index (χ4n) is 1.72. The average Bonchev–Trinajstić information content (AvgIpc) is 2.98. The first-order valence-corrected chi connectivity index (χ1v) is 5.80. The van der Waals surface area contributed by atoms with Crippen LogP contribution in [0.2, 0.25) is 0 Å². The number of imidazole rings is 1. The minimum Gasteiger partial charge on any atom is -0.496 e. The topological polar surface area (TPSA) is 85.5 Å². The van der Waals surface area contributed by atoms with E-state index in [9.17, 15) is 4.79 Å². The Balaban J connectivity index is 2.36. The van der Waals surface area contributed by atoms with Gasteiger partial charge in [-0.3, -0.25) is 10.1 Å². The van der Waals surface area contributed by atoms with Crippen LogP contribution < -0.4 is 19.5 Å². The second-order valence-corrected chi connectivity index (χ2v) is 3.80. The highest BCUT2D eigenvalue weighted by Gasteiger charge is 2.18. The summed E-state index contributed by atoms with van der Waals surface area (Å²) in [6.45, 7) is 0. The van der Waals surface area contributed by atoms with Crippen LogP contribution >= 0.6 is 0 Å². The first-order valence-electron chi connectivity index (χ1n) is 5.80. The molecule has 0 fully saturated rings. The van der Waals surface area contributed by atoms with E-state index in [1.807, 2.05) is 0 Å². The summed E-state index contributed by atoms with van der Waals surface area (Å²) in [4.78, 5) is 18.9. The van der Waals surface area contributed by atoms with Crippen molar-refractivity contribution in [3.8, 4) is 17.2 Å². The SMILES string of the molecule is COc1cc(OC)c(C(=O)Nc2ncc[nH]2)cc1OC. The number of anilines is 1. The van der Waals surface area contributed by atoms with E-state index in [1.54, 1.807) is 24.5 Å². The molecule has 1 aromatic carbocycles. The largest absolute Gasteiger partial charge is 0.496 e. The van der Waals surface area contributed by atoms with Crippen LogP contribution in [-0.2, 0) is 0 Å². The Morgan fingerprint density at radius 2 is 1.75 bits per heavy atom. The zero-order valence-corrected chi connectivity index (χ0v) is 11.4. The number of hydrogen-bond acceptors (Lipinski definition) is 5. The number of carbonyl (C=O) groups is 1. The maximum absolute atomic E-state index is 12.2. The Hall–Kier alpha value is -2.70. The smallest absolute Gasteiger partial charge is 0.261 e. The molecule has 7 heteroatoms. The summed E-state index contributed by atoms with van der Waals surface area (Å²) in [5.41, 5.74) is 0.321. The maximum atomic E-state index is 12.2. The van der Waals surface area contributed by atoms with Gasteiger partial charge < -0.3 is 19.2 Å². The molecule has 0 bridgehead atoms. The number of aromatic nitrogens is 2. The number of aromatic amines is 1. The van der Waals surface area contributed by atoms with Crippen molar-refractivity contribution in [1.82, 2.24) is 9.97 Å². The molecule has 0 radical (unpaired) electrons. The zero-order chi connectivity index (χ0) is 14.5. The van der Waals surface area contributed by atoms with Crippen molar-refractivity contribution in [2.24, 2.45) is 0 Å². The second-order valence-electron chi connectivity index (χ2n) is 3.80. The number of amides is 1. The predicted molar refractivity (Wildman–Crippen MR) is 72.6 cm³/mol. The quantitative estimate of drug-likeness (QED) is 0.868. The number of H-pyrrole nitrogens is 1. The van der Waals surface area contributed by atoms with E-state index in [4.69, 9.17) is 14.2 Å². The maximum Gasteiger partial charge on any atom is 0.261 e. The Bertz CT molecular complexity index is 596. The predicted octanol–water partition coefficient (Wildman–Crippen LogP) is 1.69. The van der Waals surface area contributed by atoms with Crippen LogP contribution in [0.25, 0.3) is 0 Å². The van der Waals surface area contributed by atoms with Gasteiger partial charge in [-0.25, -0.2) is 4.98 Å². The monoisotopic (exact) mass is 277 g/mol. The van der Waals surface area contributed by atoms with Crippen molar-refractivity contribution in [2.75, 3.05) is 26.6 Å². The van der Waals surface area contributed by atoms with Crippen molar-refractivity contribution in [1.29, 1.82) is 0 Å². The second kappa shape index (κ2) is 5.96. The van der Waals surface area contributed by atoms with Crippen LogP contribution in [0.3, 0.4) is 0 Å². The minimum absolute atomic E-state index is 0.321. The molecule has 7 nitrogen and oxygen atoms in total. The van der Waals surface area contributed by atoms with Crippen molar-refractivity contribution in [2.45, 2.75) is 0 Å². The standard InChI is InChI=1S/C13H15N3O4/c1-18-9-7-11(20-3)10(19-2)6-8(9)12(17)16-13-14-4-5-15-13/h4-7H,1-3H3,(H2,14,15,16,17). The first-order chi connectivity index (χ1) is 9.69. The highest BCUT2D eigenvalue weighted by molar-refractivity contribution is 6.05. The van der Waals surface area contributed by atoms with E-state index < -0.39 is 0 Å². The molecular formula is C13H15N3O4. The summed E-state index contributed by atoms with van der Waals surface area (Å²) >= 11 is 0. The third-order valence-corrected chi connectivity index (χ3v) is 2.68. The van der Waals surface area contributed by atoms with Crippen LogP contribution in [0.5, 0.6) is 17.2 Å². The van der Waals surface area contributed by atoms with Crippen LogP contribution in [0.15, 0.2) is 24.5 Å². The molecule has 0 spiro atoms.